The number of halogens is 1. The smallest absolute Gasteiger partial charge is 0.333 e. The molecule has 3 aromatic rings. The Balaban J connectivity index is 1.44. The van der Waals surface area contributed by atoms with Gasteiger partial charge in [0.1, 0.15) is 17.9 Å². The van der Waals surface area contributed by atoms with Crippen LogP contribution in [-0.2, 0) is 20.9 Å². The molecule has 2 heterocycles. The first-order chi connectivity index (χ1) is 16.2. The van der Waals surface area contributed by atoms with Gasteiger partial charge in [0.05, 0.1) is 18.3 Å². The summed E-state index contributed by atoms with van der Waals surface area (Å²) in [5.74, 6) is 0.298. The Hall–Kier alpha value is -2.64. The lowest BCUT2D eigenvalue weighted by Gasteiger charge is -2.15. The Morgan fingerprint density at radius 3 is 2.88 bits per heavy atom. The number of nitrogens with zero attached hydrogens (tertiary/aromatic N) is 2. The van der Waals surface area contributed by atoms with Crippen LogP contribution in [0.2, 0.25) is 0 Å². The summed E-state index contributed by atoms with van der Waals surface area (Å²) in [6, 6.07) is 10.9. The molecule has 0 spiro atoms. The third kappa shape index (κ3) is 6.27. The molecule has 4 rings (SSSR count). The Morgan fingerprint density at radius 1 is 1.29 bits per heavy atom. The summed E-state index contributed by atoms with van der Waals surface area (Å²) < 4.78 is 33.4. The Kier molecular flexibility index (Phi) is 7.43. The van der Waals surface area contributed by atoms with Crippen LogP contribution in [0.4, 0.5) is 5.82 Å². The highest BCUT2D eigenvalue weighted by Gasteiger charge is 2.35. The van der Waals surface area contributed by atoms with Gasteiger partial charge in [-0.2, -0.15) is 8.42 Å². The fraction of sp³-hybridized carbons (Fsp3) is 0.318. The van der Waals surface area contributed by atoms with Crippen LogP contribution in [0.3, 0.4) is 0 Å². The van der Waals surface area contributed by atoms with E-state index in [-0.39, 0.29) is 29.8 Å². The summed E-state index contributed by atoms with van der Waals surface area (Å²) >= 11 is 3.44. The molecule has 1 aliphatic carbocycles. The lowest BCUT2D eigenvalue weighted by molar-refractivity contribution is 0.100. The lowest BCUT2D eigenvalue weighted by Crippen LogP contribution is -2.24. The molecule has 0 unspecified atom stereocenters. The number of hydrogen-bond acceptors (Lipinski definition) is 9. The van der Waals surface area contributed by atoms with E-state index in [9.17, 15) is 18.3 Å². The molecule has 0 aliphatic heterocycles. The van der Waals surface area contributed by atoms with Crippen molar-refractivity contribution < 1.29 is 26.9 Å². The largest absolute Gasteiger partial charge is 0.457 e. The van der Waals surface area contributed by atoms with Gasteiger partial charge in [-0.05, 0) is 42.7 Å². The lowest BCUT2D eigenvalue weighted by atomic mass is 10.1. The molecule has 0 radical (unpaired) electrons. The highest BCUT2D eigenvalue weighted by Crippen LogP contribution is 2.30. The van der Waals surface area contributed by atoms with Crippen LogP contribution in [-0.4, -0.2) is 48.0 Å². The number of aliphatic hydroxyl groups is 1. The molecule has 1 saturated carbocycles. The number of nitrogens with one attached hydrogen (secondary N) is 1. The van der Waals surface area contributed by atoms with Crippen molar-refractivity contribution >= 4 is 37.8 Å². The van der Waals surface area contributed by atoms with Crippen LogP contribution < -0.4 is 10.5 Å². The Bertz CT molecular complexity index is 1280. The number of rotatable bonds is 9. The third-order valence-electron chi connectivity index (χ3n) is 5.55. The van der Waals surface area contributed by atoms with Crippen molar-refractivity contribution in [2.75, 3.05) is 11.9 Å². The molecule has 1 fully saturated rings. The maximum absolute atomic E-state index is 13.1. The minimum absolute atomic E-state index is 0.161. The van der Waals surface area contributed by atoms with E-state index in [2.05, 4.69) is 35.4 Å². The molecule has 3 atom stereocenters. The highest BCUT2D eigenvalue weighted by molar-refractivity contribution is 9.10. The minimum Gasteiger partial charge on any atom is -0.457 e. The zero-order chi connectivity index (χ0) is 24.3. The zero-order valence-electron chi connectivity index (χ0n) is 17.9. The van der Waals surface area contributed by atoms with E-state index in [4.69, 9.17) is 9.56 Å². The van der Waals surface area contributed by atoms with Crippen molar-refractivity contribution in [3.8, 4) is 0 Å². The van der Waals surface area contributed by atoms with E-state index >= 15 is 0 Å². The van der Waals surface area contributed by atoms with Gasteiger partial charge in [0.25, 0.3) is 0 Å². The van der Waals surface area contributed by atoms with Gasteiger partial charge in [0.15, 0.2) is 5.76 Å². The average Bonchev–Trinajstić information content (AvgIpc) is 3.38. The molecule has 4 N–H and O–H groups in total. The quantitative estimate of drug-likeness (QED) is 0.340. The van der Waals surface area contributed by atoms with Crippen LogP contribution in [0.25, 0.3) is 0 Å². The average molecular weight is 551 g/mol. The molecular weight excluding hydrogens is 528 g/mol. The van der Waals surface area contributed by atoms with E-state index in [1.54, 1.807) is 12.1 Å². The zero-order valence-corrected chi connectivity index (χ0v) is 20.3. The molecule has 0 saturated heterocycles. The second kappa shape index (κ2) is 10.3. The normalized spacial score (nSPS) is 20.4. The predicted molar refractivity (Wildman–Crippen MR) is 126 cm³/mol. The summed E-state index contributed by atoms with van der Waals surface area (Å²) in [4.78, 5) is 21.3. The number of hydrogen-bond donors (Lipinski definition) is 3. The summed E-state index contributed by atoms with van der Waals surface area (Å²) in [7, 11) is -4.09. The van der Waals surface area contributed by atoms with Crippen molar-refractivity contribution in [1.82, 2.24) is 9.97 Å². The maximum atomic E-state index is 13.1. The standard InChI is InChI=1S/C22H23BrN4O6S/c23-15-3-1-2-13(6-15)7-17-4-5-20(33-17)21(29)18-10-25-12-26-22(18)27-16-8-14(19(28)9-16)11-32-34(24,30)31/h1-6,10,12,14,16,19,28H,7-9,11H2,(H2,24,30,31)(H,25,26,27)/t14-,16-,19+/m1/s1. The second-order valence-corrected chi connectivity index (χ2v) is 10.2. The number of ketones is 1. The van der Waals surface area contributed by atoms with Crippen LogP contribution in [0.15, 0.2) is 57.8 Å². The van der Waals surface area contributed by atoms with E-state index in [1.807, 2.05) is 24.3 Å². The van der Waals surface area contributed by atoms with Gasteiger partial charge in [-0.15, -0.1) is 0 Å². The molecule has 1 aliphatic rings. The molecule has 10 nitrogen and oxygen atoms in total. The van der Waals surface area contributed by atoms with Crippen LogP contribution in [0.1, 0.15) is 40.3 Å². The van der Waals surface area contributed by atoms with E-state index in [0.717, 1.165) is 10.0 Å². The number of nitrogens with two attached hydrogens (primary N) is 1. The van der Waals surface area contributed by atoms with Crippen LogP contribution >= 0.6 is 15.9 Å². The van der Waals surface area contributed by atoms with Gasteiger partial charge in [-0.3, -0.25) is 8.98 Å². The van der Waals surface area contributed by atoms with Gasteiger partial charge in [0.2, 0.25) is 5.78 Å². The minimum atomic E-state index is -4.09. The SMILES string of the molecule is NS(=O)(=O)OC[C@H]1C[C@@H](Nc2ncncc2C(=O)c2ccc(Cc3cccc(Br)c3)o2)C[C@@H]1O. The molecule has 180 valence electrons. The summed E-state index contributed by atoms with van der Waals surface area (Å²) in [6.45, 7) is -0.221. The summed E-state index contributed by atoms with van der Waals surface area (Å²) in [6.07, 6.45) is 3.20. The van der Waals surface area contributed by atoms with Gasteiger partial charge in [-0.1, -0.05) is 28.1 Å². The first-order valence-corrected chi connectivity index (χ1v) is 12.7. The fourth-order valence-electron chi connectivity index (χ4n) is 3.96. The molecular formula is C22H23BrN4O6S. The number of furan rings is 1. The van der Waals surface area contributed by atoms with Crippen molar-refractivity contribution in [2.24, 2.45) is 11.1 Å². The number of anilines is 1. The first kappa shape index (κ1) is 24.5. The van der Waals surface area contributed by atoms with Crippen molar-refractivity contribution in [1.29, 1.82) is 0 Å². The van der Waals surface area contributed by atoms with E-state index < -0.39 is 22.3 Å². The Morgan fingerprint density at radius 2 is 2.12 bits per heavy atom. The number of aliphatic hydroxyl groups excluding tert-OH is 1. The van der Waals surface area contributed by atoms with Gasteiger partial charge in [-0.25, -0.2) is 15.1 Å². The highest BCUT2D eigenvalue weighted by atomic mass is 79.9. The molecule has 34 heavy (non-hydrogen) atoms. The maximum Gasteiger partial charge on any atom is 0.333 e. The summed E-state index contributed by atoms with van der Waals surface area (Å²) in [5, 5.41) is 18.3. The van der Waals surface area contributed by atoms with Gasteiger partial charge in [0, 0.05) is 29.1 Å². The van der Waals surface area contributed by atoms with Crippen LogP contribution in [0.5, 0.6) is 0 Å². The van der Waals surface area contributed by atoms with Crippen molar-refractivity contribution in [3.05, 3.63) is 76.0 Å². The second-order valence-electron chi connectivity index (χ2n) is 8.10. The van der Waals surface area contributed by atoms with Crippen molar-refractivity contribution in [2.45, 2.75) is 31.4 Å². The molecule has 12 heteroatoms. The number of aromatic nitrogens is 2. The molecule has 2 aromatic heterocycles. The predicted octanol–water partition coefficient (Wildman–Crippen LogP) is 2.43. The molecule has 0 amide bonds. The topological polar surface area (TPSA) is 158 Å². The third-order valence-corrected chi connectivity index (χ3v) is 6.51. The number of benzene rings is 1. The van der Waals surface area contributed by atoms with Crippen molar-refractivity contribution in [3.63, 3.8) is 0 Å². The molecule has 0 bridgehead atoms. The fourth-order valence-corrected chi connectivity index (χ4v) is 4.77. The number of carbonyl (C=O) groups is 1. The molecule has 1 aromatic carbocycles. The van der Waals surface area contributed by atoms with E-state index in [0.29, 0.717) is 30.8 Å². The Labute approximate surface area is 204 Å². The number of carbonyl (C=O) groups excluding carboxylic acids is 1. The monoisotopic (exact) mass is 550 g/mol. The van der Waals surface area contributed by atoms with Crippen LogP contribution in [0, 0.1) is 5.92 Å². The van der Waals surface area contributed by atoms with E-state index in [1.165, 1.54) is 12.5 Å². The first-order valence-electron chi connectivity index (χ1n) is 10.5. The van der Waals surface area contributed by atoms with Gasteiger partial charge < -0.3 is 14.8 Å². The summed E-state index contributed by atoms with van der Waals surface area (Å²) in [5.41, 5.74) is 1.26. The van der Waals surface area contributed by atoms with Gasteiger partial charge >= 0.3 is 10.3 Å².